The number of benzene rings is 2. The number of fused-ring (bicyclic) bond motifs is 3. The van der Waals surface area contributed by atoms with E-state index in [2.05, 4.69) is 33.1 Å². The minimum atomic E-state index is -0.714. The van der Waals surface area contributed by atoms with Crippen molar-refractivity contribution < 1.29 is 19.0 Å². The Morgan fingerprint density at radius 2 is 1.94 bits per heavy atom. The van der Waals surface area contributed by atoms with Gasteiger partial charge in [-0.15, -0.1) is 0 Å². The molecule has 164 valence electrons. The van der Waals surface area contributed by atoms with Crippen molar-refractivity contribution in [2.24, 2.45) is 5.73 Å². The normalized spacial score (nSPS) is 15.8. The Morgan fingerprint density at radius 3 is 2.75 bits per heavy atom. The molecule has 0 radical (unpaired) electrons. The maximum absolute atomic E-state index is 11.3. The third-order valence-electron chi connectivity index (χ3n) is 5.73. The van der Waals surface area contributed by atoms with Gasteiger partial charge >= 0.3 is 0 Å². The highest BCUT2D eigenvalue weighted by molar-refractivity contribution is 5.81. The number of nitrogens with two attached hydrogens (primary N) is 1. The van der Waals surface area contributed by atoms with Gasteiger partial charge < -0.3 is 24.8 Å². The van der Waals surface area contributed by atoms with Crippen LogP contribution < -0.4 is 20.1 Å². The van der Waals surface area contributed by atoms with Crippen molar-refractivity contribution in [2.45, 2.75) is 19.6 Å². The van der Waals surface area contributed by atoms with Gasteiger partial charge in [-0.25, -0.2) is 9.97 Å². The van der Waals surface area contributed by atoms with Gasteiger partial charge in [0.1, 0.15) is 30.3 Å². The number of morpholine rings is 1. The molecule has 32 heavy (non-hydrogen) atoms. The number of hydrogen-bond acceptors (Lipinski definition) is 7. The zero-order chi connectivity index (χ0) is 22.1. The molecule has 0 spiro atoms. The number of hydrogen-bond donors (Lipinski definition) is 1. The van der Waals surface area contributed by atoms with Crippen LogP contribution in [-0.2, 0) is 16.1 Å². The van der Waals surface area contributed by atoms with E-state index < -0.39 is 12.0 Å². The molecule has 8 nitrogen and oxygen atoms in total. The second-order valence-electron chi connectivity index (χ2n) is 7.84. The molecule has 2 N–H and O–H groups in total. The fourth-order valence-electron chi connectivity index (χ4n) is 3.92. The molecule has 3 aromatic rings. The summed E-state index contributed by atoms with van der Waals surface area (Å²) in [5, 5.41) is 0. The Kier molecular flexibility index (Phi) is 5.36. The largest absolute Gasteiger partial charge is 0.488 e. The quantitative estimate of drug-likeness (QED) is 0.662. The molecule has 1 amide bonds. The third-order valence-corrected chi connectivity index (χ3v) is 5.73. The summed E-state index contributed by atoms with van der Waals surface area (Å²) in [6.07, 6.45) is 0.897. The summed E-state index contributed by atoms with van der Waals surface area (Å²) < 4.78 is 17.0. The highest BCUT2D eigenvalue weighted by Crippen LogP contribution is 2.41. The Balaban J connectivity index is 1.46. The topological polar surface area (TPSA) is 99.8 Å². The van der Waals surface area contributed by atoms with Crippen molar-refractivity contribution >= 4 is 11.7 Å². The van der Waals surface area contributed by atoms with E-state index in [1.807, 2.05) is 18.2 Å². The minimum absolute atomic E-state index is 0.459. The maximum atomic E-state index is 11.3. The molecule has 2 aliphatic heterocycles. The summed E-state index contributed by atoms with van der Waals surface area (Å²) in [4.78, 5) is 22.5. The van der Waals surface area contributed by atoms with E-state index in [1.165, 1.54) is 0 Å². The van der Waals surface area contributed by atoms with Gasteiger partial charge in [-0.3, -0.25) is 4.79 Å². The number of aromatic nitrogens is 2. The molecule has 0 aliphatic carbocycles. The number of ether oxygens (including phenoxy) is 3. The zero-order valence-electron chi connectivity index (χ0n) is 17.8. The Bertz CT molecular complexity index is 1160. The van der Waals surface area contributed by atoms with Crippen LogP contribution in [0.4, 0.5) is 5.82 Å². The first kappa shape index (κ1) is 20.3. The number of primary amides is 1. The van der Waals surface area contributed by atoms with E-state index in [0.29, 0.717) is 31.3 Å². The van der Waals surface area contributed by atoms with Crippen molar-refractivity contribution in [3.05, 3.63) is 54.4 Å². The molecule has 0 bridgehead atoms. The van der Waals surface area contributed by atoms with Crippen molar-refractivity contribution in [3.8, 4) is 33.9 Å². The molecule has 2 aromatic carbocycles. The van der Waals surface area contributed by atoms with Crippen molar-refractivity contribution in [1.29, 1.82) is 0 Å². The average molecular weight is 432 g/mol. The molecule has 1 atom stereocenters. The molecule has 3 heterocycles. The van der Waals surface area contributed by atoms with Gasteiger partial charge in [0.25, 0.3) is 5.91 Å². The van der Waals surface area contributed by atoms with Crippen molar-refractivity contribution in [1.82, 2.24) is 9.97 Å². The number of rotatable bonds is 5. The van der Waals surface area contributed by atoms with E-state index in [1.54, 1.807) is 19.3 Å². The summed E-state index contributed by atoms with van der Waals surface area (Å²) in [5.74, 6) is 1.64. The lowest BCUT2D eigenvalue weighted by Crippen LogP contribution is -2.36. The van der Waals surface area contributed by atoms with Crippen LogP contribution in [-0.4, -0.2) is 48.3 Å². The molecular formula is C24H24N4O4. The molecule has 1 fully saturated rings. The van der Waals surface area contributed by atoms with Crippen LogP contribution in [0.5, 0.6) is 11.5 Å². The van der Waals surface area contributed by atoms with Crippen LogP contribution in [0.3, 0.4) is 0 Å². The lowest BCUT2D eigenvalue weighted by Gasteiger charge is -2.27. The number of nitrogens with zero attached hydrogens (tertiary/aromatic N) is 3. The summed E-state index contributed by atoms with van der Waals surface area (Å²) in [6.45, 7) is 5.14. The maximum Gasteiger partial charge on any atom is 0.258 e. The lowest BCUT2D eigenvalue weighted by molar-refractivity contribution is -0.123. The number of amides is 1. The Morgan fingerprint density at radius 1 is 1.09 bits per heavy atom. The van der Waals surface area contributed by atoms with Gasteiger partial charge in [0, 0.05) is 36.3 Å². The van der Waals surface area contributed by atoms with Gasteiger partial charge in [-0.2, -0.15) is 0 Å². The van der Waals surface area contributed by atoms with Gasteiger partial charge in [0.05, 0.1) is 18.9 Å². The number of carbonyl (C=O) groups excluding carboxylic acids is 1. The zero-order valence-corrected chi connectivity index (χ0v) is 17.8. The van der Waals surface area contributed by atoms with Gasteiger partial charge in [-0.1, -0.05) is 12.1 Å². The lowest BCUT2D eigenvalue weighted by atomic mass is 9.94. The van der Waals surface area contributed by atoms with E-state index in [4.69, 9.17) is 19.9 Å². The average Bonchev–Trinajstić information content (AvgIpc) is 2.84. The highest BCUT2D eigenvalue weighted by atomic mass is 16.5. The van der Waals surface area contributed by atoms with E-state index in [9.17, 15) is 4.79 Å². The molecular weight excluding hydrogens is 408 g/mol. The predicted molar refractivity (Wildman–Crippen MR) is 120 cm³/mol. The van der Waals surface area contributed by atoms with Crippen LogP contribution in [0, 0.1) is 0 Å². The molecule has 8 heteroatoms. The third kappa shape index (κ3) is 3.97. The SMILES string of the molecule is C[C@H](Oc1ccc2c(c1)OCc1ccc(-c3cc(N4CCOCC4)ncn3)cc1-2)C(N)=O. The Hall–Kier alpha value is -3.65. The molecule has 2 aliphatic rings. The first-order chi connectivity index (χ1) is 15.6. The van der Waals surface area contributed by atoms with E-state index >= 15 is 0 Å². The monoisotopic (exact) mass is 432 g/mol. The standard InChI is InChI=1S/C24H24N4O4/c1-15(24(25)29)32-18-4-5-19-20-10-16(2-3-17(20)13-31-22(19)11-18)21-12-23(27-14-26-21)28-6-8-30-9-7-28/h2-5,10-12,14-15H,6-9,13H2,1H3,(H2,25,29)/t15-/m0/s1. The van der Waals surface area contributed by atoms with Crippen molar-refractivity contribution in [2.75, 3.05) is 31.2 Å². The van der Waals surface area contributed by atoms with E-state index in [-0.39, 0.29) is 0 Å². The van der Waals surface area contributed by atoms with Crippen LogP contribution in [0.25, 0.3) is 22.4 Å². The summed E-state index contributed by atoms with van der Waals surface area (Å²) >= 11 is 0. The van der Waals surface area contributed by atoms with Crippen LogP contribution in [0.15, 0.2) is 48.8 Å². The molecule has 1 aromatic heterocycles. The molecule has 1 saturated heterocycles. The first-order valence-electron chi connectivity index (χ1n) is 10.6. The fraction of sp³-hybridized carbons (Fsp3) is 0.292. The van der Waals surface area contributed by atoms with Gasteiger partial charge in [0.15, 0.2) is 6.10 Å². The predicted octanol–water partition coefficient (Wildman–Crippen LogP) is 2.79. The summed E-state index contributed by atoms with van der Waals surface area (Å²) in [7, 11) is 0. The summed E-state index contributed by atoms with van der Waals surface area (Å²) in [5.41, 5.74) is 10.3. The molecule has 5 rings (SSSR count). The van der Waals surface area contributed by atoms with Crippen LogP contribution >= 0.6 is 0 Å². The first-order valence-corrected chi connectivity index (χ1v) is 10.6. The number of carbonyl (C=O) groups is 1. The molecule has 0 unspecified atom stereocenters. The van der Waals surface area contributed by atoms with Crippen LogP contribution in [0.2, 0.25) is 0 Å². The van der Waals surface area contributed by atoms with Gasteiger partial charge in [-0.05, 0) is 36.2 Å². The van der Waals surface area contributed by atoms with Gasteiger partial charge in [0.2, 0.25) is 0 Å². The fourth-order valence-corrected chi connectivity index (χ4v) is 3.92. The second kappa shape index (κ2) is 8.47. The van der Waals surface area contributed by atoms with Crippen LogP contribution in [0.1, 0.15) is 12.5 Å². The van der Waals surface area contributed by atoms with E-state index in [0.717, 1.165) is 46.9 Å². The van der Waals surface area contributed by atoms with Crippen molar-refractivity contribution in [3.63, 3.8) is 0 Å². The summed E-state index contributed by atoms with van der Waals surface area (Å²) in [6, 6.07) is 13.9. The number of anilines is 1. The Labute approximate surface area is 185 Å². The second-order valence-corrected chi connectivity index (χ2v) is 7.84. The molecule has 0 saturated carbocycles. The highest BCUT2D eigenvalue weighted by Gasteiger charge is 2.21. The minimum Gasteiger partial charge on any atom is -0.488 e. The smallest absolute Gasteiger partial charge is 0.258 e.